The molecule has 0 spiro atoms. The van der Waals surface area contributed by atoms with Crippen molar-refractivity contribution in [3.05, 3.63) is 40.2 Å². The zero-order chi connectivity index (χ0) is 18.8. The van der Waals surface area contributed by atoms with Crippen LogP contribution < -0.4 is 5.32 Å². The van der Waals surface area contributed by atoms with Gasteiger partial charge in [-0.2, -0.15) is 9.61 Å². The minimum Gasteiger partial charge on any atom is -0.326 e. The Morgan fingerprint density at radius 3 is 2.65 bits per heavy atom. The molecule has 1 N–H and O–H groups in total. The second-order valence-corrected chi connectivity index (χ2v) is 8.19. The molecule has 0 aliphatic carbocycles. The van der Waals surface area contributed by atoms with Gasteiger partial charge in [-0.3, -0.25) is 4.79 Å². The maximum absolute atomic E-state index is 12.5. The van der Waals surface area contributed by atoms with Crippen molar-refractivity contribution >= 4 is 27.9 Å². The Balaban J connectivity index is 1.68. The van der Waals surface area contributed by atoms with Crippen molar-refractivity contribution in [3.63, 3.8) is 0 Å². The van der Waals surface area contributed by atoms with Gasteiger partial charge in [-0.15, -0.1) is 10.2 Å². The highest BCUT2D eigenvalue weighted by atomic mass is 32.1. The molecule has 6 nitrogen and oxygen atoms in total. The fourth-order valence-corrected chi connectivity index (χ4v) is 3.74. The van der Waals surface area contributed by atoms with Gasteiger partial charge in [-0.1, -0.05) is 57.2 Å². The third-order valence-electron chi connectivity index (χ3n) is 4.33. The number of carbonyl (C=O) groups excluding carboxylic acids is 1. The molecule has 26 heavy (non-hydrogen) atoms. The number of fused-ring (bicyclic) bond motifs is 1. The van der Waals surface area contributed by atoms with Gasteiger partial charge in [0.25, 0.3) is 0 Å². The summed E-state index contributed by atoms with van der Waals surface area (Å²) in [6.07, 6.45) is 0.993. The van der Waals surface area contributed by atoms with E-state index in [1.807, 2.05) is 19.1 Å². The molecule has 2 aromatic heterocycles. The summed E-state index contributed by atoms with van der Waals surface area (Å²) in [5, 5.41) is 16.9. The summed E-state index contributed by atoms with van der Waals surface area (Å²) in [4.78, 5) is 13.3. The van der Waals surface area contributed by atoms with Crippen molar-refractivity contribution in [2.75, 3.05) is 5.32 Å². The summed E-state index contributed by atoms with van der Waals surface area (Å²) in [6.45, 7) is 10.4. The molecule has 0 bridgehead atoms. The first-order valence-corrected chi connectivity index (χ1v) is 9.78. The number of aryl methyl sites for hydroxylation is 2. The minimum absolute atomic E-state index is 0.0104. The van der Waals surface area contributed by atoms with Gasteiger partial charge in [0.2, 0.25) is 10.9 Å². The zero-order valence-corrected chi connectivity index (χ0v) is 16.7. The topological polar surface area (TPSA) is 72.2 Å². The predicted octanol–water partition coefficient (Wildman–Crippen LogP) is 4.31. The zero-order valence-electron chi connectivity index (χ0n) is 15.9. The summed E-state index contributed by atoms with van der Waals surface area (Å²) in [5.41, 5.74) is 3.19. The van der Waals surface area contributed by atoms with Gasteiger partial charge >= 0.3 is 0 Å². The van der Waals surface area contributed by atoms with Gasteiger partial charge in [-0.25, -0.2) is 0 Å². The molecule has 0 aliphatic heterocycles. The van der Waals surface area contributed by atoms with Crippen molar-refractivity contribution in [1.82, 2.24) is 19.8 Å². The van der Waals surface area contributed by atoms with Gasteiger partial charge in [0, 0.05) is 24.4 Å². The first kappa shape index (κ1) is 18.5. The third-order valence-corrected chi connectivity index (χ3v) is 5.29. The molecule has 0 radical (unpaired) electrons. The van der Waals surface area contributed by atoms with Gasteiger partial charge in [0.15, 0.2) is 5.82 Å². The van der Waals surface area contributed by atoms with Gasteiger partial charge in [0.1, 0.15) is 5.01 Å². The Hall–Kier alpha value is -2.28. The number of nitrogens with one attached hydrogen (secondary N) is 1. The Labute approximate surface area is 157 Å². The highest BCUT2D eigenvalue weighted by Crippen LogP contribution is 2.27. The quantitative estimate of drug-likeness (QED) is 0.701. The number of para-hydroxylation sites is 1. The Kier molecular flexibility index (Phi) is 5.36. The van der Waals surface area contributed by atoms with E-state index in [9.17, 15) is 4.79 Å². The van der Waals surface area contributed by atoms with Crippen molar-refractivity contribution in [3.8, 4) is 0 Å². The van der Waals surface area contributed by atoms with Gasteiger partial charge in [-0.05, 0) is 24.0 Å². The van der Waals surface area contributed by atoms with Crippen LogP contribution in [-0.4, -0.2) is 25.7 Å². The van der Waals surface area contributed by atoms with E-state index >= 15 is 0 Å². The average molecular weight is 372 g/mol. The lowest BCUT2D eigenvalue weighted by molar-refractivity contribution is -0.116. The van der Waals surface area contributed by atoms with E-state index in [1.165, 1.54) is 16.9 Å². The number of benzene rings is 1. The van der Waals surface area contributed by atoms with Crippen LogP contribution in [-0.2, 0) is 11.2 Å². The van der Waals surface area contributed by atoms with E-state index in [4.69, 9.17) is 0 Å². The monoisotopic (exact) mass is 371 g/mol. The summed E-state index contributed by atoms with van der Waals surface area (Å²) in [6, 6.07) is 6.13. The minimum atomic E-state index is 0.0104. The van der Waals surface area contributed by atoms with Crippen molar-refractivity contribution < 1.29 is 4.79 Å². The molecule has 3 rings (SSSR count). The van der Waals surface area contributed by atoms with Crippen LogP contribution in [0.1, 0.15) is 67.9 Å². The summed E-state index contributed by atoms with van der Waals surface area (Å²) < 4.78 is 1.79. The largest absolute Gasteiger partial charge is 0.326 e. The summed E-state index contributed by atoms with van der Waals surface area (Å²) >= 11 is 1.49. The molecule has 0 atom stereocenters. The van der Waals surface area contributed by atoms with Crippen LogP contribution in [0.3, 0.4) is 0 Å². The highest BCUT2D eigenvalue weighted by molar-refractivity contribution is 7.16. The fraction of sp³-hybridized carbons (Fsp3) is 0.474. The van der Waals surface area contributed by atoms with E-state index in [-0.39, 0.29) is 11.8 Å². The molecule has 1 amide bonds. The SMILES string of the molecule is Cc1cccc(C(C)C)c1NC(=O)CCc1nn2c(C(C)C)nnc2s1. The maximum Gasteiger partial charge on any atom is 0.234 e. The third kappa shape index (κ3) is 3.77. The van der Waals surface area contributed by atoms with Crippen molar-refractivity contribution in [2.45, 2.75) is 59.3 Å². The van der Waals surface area contributed by atoms with Crippen LogP contribution in [0.15, 0.2) is 18.2 Å². The fourth-order valence-electron chi connectivity index (χ4n) is 2.90. The normalized spacial score (nSPS) is 11.7. The molecule has 0 saturated carbocycles. The Morgan fingerprint density at radius 1 is 1.19 bits per heavy atom. The molecule has 0 aliphatic rings. The molecule has 138 valence electrons. The lowest BCUT2D eigenvalue weighted by Crippen LogP contribution is -2.15. The van der Waals surface area contributed by atoms with Crippen LogP contribution in [0, 0.1) is 6.92 Å². The number of rotatable bonds is 6. The van der Waals surface area contributed by atoms with Crippen LogP contribution in [0.2, 0.25) is 0 Å². The number of hydrogen-bond donors (Lipinski definition) is 1. The Morgan fingerprint density at radius 2 is 1.96 bits per heavy atom. The maximum atomic E-state index is 12.5. The second-order valence-electron chi connectivity index (χ2n) is 7.15. The predicted molar refractivity (Wildman–Crippen MR) is 105 cm³/mol. The number of anilines is 1. The molecule has 1 aromatic carbocycles. The van der Waals surface area contributed by atoms with Crippen molar-refractivity contribution in [1.29, 1.82) is 0 Å². The molecule has 2 heterocycles. The molecular formula is C19H25N5OS. The van der Waals surface area contributed by atoms with Crippen molar-refractivity contribution in [2.24, 2.45) is 0 Å². The Bertz CT molecular complexity index is 925. The van der Waals surface area contributed by atoms with Crippen LogP contribution in [0.5, 0.6) is 0 Å². The number of nitrogens with zero attached hydrogens (tertiary/aromatic N) is 4. The van der Waals surface area contributed by atoms with Gasteiger partial charge < -0.3 is 5.32 Å². The summed E-state index contributed by atoms with van der Waals surface area (Å²) in [7, 11) is 0. The van der Waals surface area contributed by atoms with Crippen LogP contribution in [0.4, 0.5) is 5.69 Å². The standard InChI is InChI=1S/C19H25N5OS/c1-11(2)14-8-6-7-13(5)17(14)20-15(25)9-10-16-23-24-18(12(3)4)21-22-19(24)26-16/h6-8,11-12H,9-10H2,1-5H3,(H,20,25). The second kappa shape index (κ2) is 7.53. The first-order valence-electron chi connectivity index (χ1n) is 8.97. The smallest absolute Gasteiger partial charge is 0.234 e. The first-order chi connectivity index (χ1) is 12.4. The average Bonchev–Trinajstić information content (AvgIpc) is 3.14. The van der Waals surface area contributed by atoms with E-state index in [0.29, 0.717) is 18.8 Å². The van der Waals surface area contributed by atoms with E-state index < -0.39 is 0 Å². The van der Waals surface area contributed by atoms with Gasteiger partial charge in [0.05, 0.1) is 0 Å². The molecular weight excluding hydrogens is 346 g/mol. The number of carbonyl (C=O) groups is 1. The lowest BCUT2D eigenvalue weighted by Gasteiger charge is -2.16. The molecule has 0 unspecified atom stereocenters. The molecule has 0 saturated heterocycles. The van der Waals surface area contributed by atoms with E-state index in [0.717, 1.165) is 27.0 Å². The molecule has 0 fully saturated rings. The molecule has 3 aromatic rings. The molecule has 7 heteroatoms. The number of hydrogen-bond acceptors (Lipinski definition) is 5. The number of aromatic nitrogens is 4. The highest BCUT2D eigenvalue weighted by Gasteiger charge is 2.16. The lowest BCUT2D eigenvalue weighted by atomic mass is 9.98. The van der Waals surface area contributed by atoms with E-state index in [1.54, 1.807) is 4.52 Å². The summed E-state index contributed by atoms with van der Waals surface area (Å²) in [5.74, 6) is 1.49. The number of amides is 1. The van der Waals surface area contributed by atoms with Crippen LogP contribution >= 0.6 is 11.3 Å². The van der Waals surface area contributed by atoms with E-state index in [2.05, 4.69) is 54.4 Å². The van der Waals surface area contributed by atoms with Crippen LogP contribution in [0.25, 0.3) is 4.96 Å².